The average molecular weight is 258 g/mol. The van der Waals surface area contributed by atoms with Gasteiger partial charge < -0.3 is 10.1 Å². The van der Waals surface area contributed by atoms with Gasteiger partial charge in [0.1, 0.15) is 0 Å². The lowest BCUT2D eigenvalue weighted by molar-refractivity contribution is 0.182. The molecule has 0 amide bonds. The number of hydrogen-bond donors (Lipinski definition) is 1. The molecular weight excluding hydrogens is 236 g/mol. The minimum atomic E-state index is 0.546. The number of ether oxygens (including phenoxy) is 1. The van der Waals surface area contributed by atoms with Gasteiger partial charge in [-0.1, -0.05) is 19.1 Å². The maximum absolute atomic E-state index is 5.22. The maximum atomic E-state index is 5.22. The molecule has 0 radical (unpaired) electrons. The zero-order chi connectivity index (χ0) is 13.8. The lowest BCUT2D eigenvalue weighted by Gasteiger charge is -2.14. The zero-order valence-corrected chi connectivity index (χ0v) is 12.2. The van der Waals surface area contributed by atoms with Gasteiger partial charge in [-0.15, -0.1) is 0 Å². The van der Waals surface area contributed by atoms with Crippen molar-refractivity contribution in [2.75, 3.05) is 19.0 Å². The molecule has 2 aromatic rings. The topological polar surface area (TPSA) is 34.1 Å². The Balaban J connectivity index is 2.63. The predicted molar refractivity (Wildman–Crippen MR) is 80.7 cm³/mol. The standard InChI is InChI=1S/C16H22N2O/c1-5-8-17-14-9-13(10-19-4)18-16-12(3)7-6-11(2)15(14)16/h6-7,9H,5,8,10H2,1-4H3,(H,17,18). The van der Waals surface area contributed by atoms with Gasteiger partial charge in [-0.25, -0.2) is 4.98 Å². The molecule has 0 saturated carbocycles. The Morgan fingerprint density at radius 2 is 1.95 bits per heavy atom. The summed E-state index contributed by atoms with van der Waals surface area (Å²) >= 11 is 0. The molecule has 1 aromatic carbocycles. The summed E-state index contributed by atoms with van der Waals surface area (Å²) in [4.78, 5) is 4.73. The number of fused-ring (bicyclic) bond motifs is 1. The van der Waals surface area contributed by atoms with Gasteiger partial charge >= 0.3 is 0 Å². The molecule has 0 spiro atoms. The maximum Gasteiger partial charge on any atom is 0.0885 e. The van der Waals surface area contributed by atoms with E-state index in [0.717, 1.165) is 24.2 Å². The van der Waals surface area contributed by atoms with E-state index >= 15 is 0 Å². The first-order chi connectivity index (χ1) is 9.17. The van der Waals surface area contributed by atoms with Crippen LogP contribution in [0.4, 0.5) is 5.69 Å². The quantitative estimate of drug-likeness (QED) is 0.885. The van der Waals surface area contributed by atoms with Crippen LogP contribution in [-0.4, -0.2) is 18.6 Å². The van der Waals surface area contributed by atoms with E-state index in [0.29, 0.717) is 6.61 Å². The van der Waals surface area contributed by atoms with Crippen LogP contribution in [-0.2, 0) is 11.3 Å². The van der Waals surface area contributed by atoms with E-state index in [1.54, 1.807) is 7.11 Å². The number of aryl methyl sites for hydroxylation is 2. The van der Waals surface area contributed by atoms with E-state index in [2.05, 4.69) is 44.3 Å². The summed E-state index contributed by atoms with van der Waals surface area (Å²) in [6, 6.07) is 6.39. The molecule has 0 atom stereocenters. The molecule has 0 aliphatic carbocycles. The van der Waals surface area contributed by atoms with Gasteiger partial charge in [-0.2, -0.15) is 0 Å². The third kappa shape index (κ3) is 2.87. The van der Waals surface area contributed by atoms with E-state index in [4.69, 9.17) is 9.72 Å². The van der Waals surface area contributed by atoms with Crippen LogP contribution < -0.4 is 5.32 Å². The molecule has 0 saturated heterocycles. The van der Waals surface area contributed by atoms with Crippen LogP contribution >= 0.6 is 0 Å². The summed E-state index contributed by atoms with van der Waals surface area (Å²) < 4.78 is 5.22. The van der Waals surface area contributed by atoms with Crippen LogP contribution in [0.3, 0.4) is 0 Å². The van der Waals surface area contributed by atoms with Crippen molar-refractivity contribution in [2.45, 2.75) is 33.8 Å². The number of anilines is 1. The SMILES string of the molecule is CCCNc1cc(COC)nc2c(C)ccc(C)c12. The van der Waals surface area contributed by atoms with Crippen LogP contribution in [0.25, 0.3) is 10.9 Å². The molecule has 3 nitrogen and oxygen atoms in total. The number of pyridine rings is 1. The summed E-state index contributed by atoms with van der Waals surface area (Å²) in [7, 11) is 1.70. The highest BCUT2D eigenvalue weighted by atomic mass is 16.5. The number of methoxy groups -OCH3 is 1. The van der Waals surface area contributed by atoms with E-state index in [-0.39, 0.29) is 0 Å². The third-order valence-electron chi connectivity index (χ3n) is 3.28. The van der Waals surface area contributed by atoms with Crippen molar-refractivity contribution in [3.05, 3.63) is 35.0 Å². The Labute approximate surface area is 115 Å². The van der Waals surface area contributed by atoms with Crippen molar-refractivity contribution in [1.82, 2.24) is 4.98 Å². The first kappa shape index (κ1) is 13.8. The monoisotopic (exact) mass is 258 g/mol. The van der Waals surface area contributed by atoms with E-state index in [9.17, 15) is 0 Å². The summed E-state index contributed by atoms with van der Waals surface area (Å²) in [6.45, 7) is 7.93. The summed E-state index contributed by atoms with van der Waals surface area (Å²) in [5.41, 5.74) is 5.68. The summed E-state index contributed by atoms with van der Waals surface area (Å²) in [5, 5.41) is 4.74. The first-order valence-corrected chi connectivity index (χ1v) is 6.80. The fraction of sp³-hybridized carbons (Fsp3) is 0.438. The molecule has 3 heteroatoms. The number of aromatic nitrogens is 1. The zero-order valence-electron chi connectivity index (χ0n) is 12.2. The van der Waals surface area contributed by atoms with Gasteiger partial charge in [0.25, 0.3) is 0 Å². The van der Waals surface area contributed by atoms with E-state index < -0.39 is 0 Å². The number of hydrogen-bond acceptors (Lipinski definition) is 3. The summed E-state index contributed by atoms with van der Waals surface area (Å²) in [6.07, 6.45) is 1.11. The van der Waals surface area contributed by atoms with Crippen molar-refractivity contribution in [3.63, 3.8) is 0 Å². The molecule has 0 bridgehead atoms. The highest BCUT2D eigenvalue weighted by Gasteiger charge is 2.10. The lowest BCUT2D eigenvalue weighted by Crippen LogP contribution is -2.04. The second kappa shape index (κ2) is 6.02. The molecule has 0 aliphatic heterocycles. The average Bonchev–Trinajstić information content (AvgIpc) is 2.40. The van der Waals surface area contributed by atoms with Crippen LogP contribution in [0.1, 0.15) is 30.2 Å². The minimum Gasteiger partial charge on any atom is -0.384 e. The molecule has 0 aliphatic rings. The van der Waals surface area contributed by atoms with Gasteiger partial charge in [-0.3, -0.25) is 0 Å². The Kier molecular flexibility index (Phi) is 4.38. The normalized spacial score (nSPS) is 10.9. The van der Waals surface area contributed by atoms with Gasteiger partial charge in [0.2, 0.25) is 0 Å². The number of nitrogens with one attached hydrogen (secondary N) is 1. The van der Waals surface area contributed by atoms with Gasteiger partial charge in [0.05, 0.1) is 17.8 Å². The van der Waals surface area contributed by atoms with E-state index in [1.165, 1.54) is 22.2 Å². The van der Waals surface area contributed by atoms with Crippen LogP contribution in [0, 0.1) is 13.8 Å². The Morgan fingerprint density at radius 1 is 1.21 bits per heavy atom. The highest BCUT2D eigenvalue weighted by Crippen LogP contribution is 2.29. The van der Waals surface area contributed by atoms with Gasteiger partial charge in [0.15, 0.2) is 0 Å². The number of rotatable bonds is 5. The van der Waals surface area contributed by atoms with Crippen molar-refractivity contribution < 1.29 is 4.74 Å². The highest BCUT2D eigenvalue weighted by molar-refractivity contribution is 5.96. The van der Waals surface area contributed by atoms with E-state index in [1.807, 2.05) is 0 Å². The van der Waals surface area contributed by atoms with Crippen LogP contribution in [0.2, 0.25) is 0 Å². The van der Waals surface area contributed by atoms with Crippen molar-refractivity contribution >= 4 is 16.6 Å². The third-order valence-corrected chi connectivity index (χ3v) is 3.28. The smallest absolute Gasteiger partial charge is 0.0885 e. The fourth-order valence-corrected chi connectivity index (χ4v) is 2.32. The van der Waals surface area contributed by atoms with Crippen molar-refractivity contribution in [1.29, 1.82) is 0 Å². The molecule has 0 fully saturated rings. The first-order valence-electron chi connectivity index (χ1n) is 6.80. The number of benzene rings is 1. The van der Waals surface area contributed by atoms with Crippen molar-refractivity contribution in [3.8, 4) is 0 Å². The van der Waals surface area contributed by atoms with Gasteiger partial charge in [-0.05, 0) is 37.5 Å². The fourth-order valence-electron chi connectivity index (χ4n) is 2.32. The van der Waals surface area contributed by atoms with Gasteiger partial charge in [0, 0.05) is 24.7 Å². The molecule has 1 aromatic heterocycles. The largest absolute Gasteiger partial charge is 0.384 e. The molecule has 1 N–H and O–H groups in total. The Bertz CT molecular complexity index is 578. The lowest BCUT2D eigenvalue weighted by atomic mass is 10.0. The molecule has 19 heavy (non-hydrogen) atoms. The van der Waals surface area contributed by atoms with Crippen LogP contribution in [0.15, 0.2) is 18.2 Å². The summed E-state index contributed by atoms with van der Waals surface area (Å²) in [5.74, 6) is 0. The minimum absolute atomic E-state index is 0.546. The van der Waals surface area contributed by atoms with Crippen molar-refractivity contribution in [2.24, 2.45) is 0 Å². The molecular formula is C16H22N2O. The second-order valence-corrected chi connectivity index (χ2v) is 4.94. The predicted octanol–water partition coefficient (Wildman–Crippen LogP) is 3.82. The van der Waals surface area contributed by atoms with Crippen LogP contribution in [0.5, 0.6) is 0 Å². The molecule has 1 heterocycles. The number of nitrogens with zero attached hydrogens (tertiary/aromatic N) is 1. The second-order valence-electron chi connectivity index (χ2n) is 4.94. The molecule has 102 valence electrons. The Hall–Kier alpha value is -1.61. The Morgan fingerprint density at radius 3 is 2.63 bits per heavy atom. The molecule has 2 rings (SSSR count). The molecule has 0 unspecified atom stereocenters.